The molecule has 0 aromatic heterocycles. The predicted octanol–water partition coefficient (Wildman–Crippen LogP) is 17.0. The van der Waals surface area contributed by atoms with E-state index in [0.29, 0.717) is 17.3 Å². The first-order chi connectivity index (χ1) is 31.1. The number of rotatable bonds is 5. The molecule has 4 saturated carbocycles. The maximum atomic E-state index is 6.93. The topological polar surface area (TPSA) is 12.5 Å². The second kappa shape index (κ2) is 13.3. The Kier molecular flexibility index (Phi) is 8.23. The van der Waals surface area contributed by atoms with Crippen molar-refractivity contribution in [1.29, 1.82) is 0 Å². The summed E-state index contributed by atoms with van der Waals surface area (Å²) in [4.78, 5) is 2.52. The van der Waals surface area contributed by atoms with Gasteiger partial charge in [0.1, 0.15) is 11.5 Å². The Morgan fingerprint density at radius 2 is 0.846 bits per heavy atom. The van der Waals surface area contributed by atoms with E-state index in [1.807, 2.05) is 0 Å². The average molecular weight is 854 g/mol. The minimum absolute atomic E-state index is 0.00702. The van der Waals surface area contributed by atoms with Crippen molar-refractivity contribution in [2.75, 3.05) is 4.90 Å². The van der Waals surface area contributed by atoms with Crippen molar-refractivity contribution in [2.45, 2.75) is 140 Å². The highest BCUT2D eigenvalue weighted by Crippen LogP contribution is 2.85. The lowest BCUT2D eigenvalue weighted by Gasteiger charge is -2.66. The van der Waals surface area contributed by atoms with Gasteiger partial charge in [0, 0.05) is 33.6 Å². The van der Waals surface area contributed by atoms with Crippen LogP contribution in [-0.2, 0) is 27.1 Å². The molecule has 0 radical (unpaired) electrons. The molecule has 2 heteroatoms. The molecule has 1 aliphatic heterocycles. The van der Waals surface area contributed by atoms with Gasteiger partial charge in [0.25, 0.3) is 0 Å². The number of nitrogens with zero attached hydrogens (tertiary/aromatic N) is 1. The first-order valence-corrected chi connectivity index (χ1v) is 25.3. The molecule has 6 aromatic rings. The molecule has 3 bridgehead atoms. The summed E-state index contributed by atoms with van der Waals surface area (Å²) in [5.74, 6) is 5.29. The smallest absolute Gasteiger partial charge is 0.131 e. The van der Waals surface area contributed by atoms with Crippen molar-refractivity contribution in [2.24, 2.45) is 29.1 Å². The minimum atomic E-state index is 0.00702. The van der Waals surface area contributed by atoms with E-state index in [9.17, 15) is 0 Å². The summed E-state index contributed by atoms with van der Waals surface area (Å²) < 4.78 is 6.93. The molecule has 4 atom stereocenters. The summed E-state index contributed by atoms with van der Waals surface area (Å²) in [6.45, 7) is 19.4. The Balaban J connectivity index is 0.932. The van der Waals surface area contributed by atoms with Crippen LogP contribution in [0.4, 0.5) is 17.1 Å². The van der Waals surface area contributed by atoms with Crippen molar-refractivity contribution < 1.29 is 4.74 Å². The fourth-order valence-corrected chi connectivity index (χ4v) is 16.1. The summed E-state index contributed by atoms with van der Waals surface area (Å²) in [5, 5.41) is 0. The molecule has 4 unspecified atom stereocenters. The number of anilines is 3. The summed E-state index contributed by atoms with van der Waals surface area (Å²) in [5.41, 5.74) is 18.9. The number of para-hydroxylation sites is 1. The van der Waals surface area contributed by atoms with E-state index in [-0.39, 0.29) is 27.1 Å². The summed E-state index contributed by atoms with van der Waals surface area (Å²) in [7, 11) is 0. The normalized spacial score (nSPS) is 29.4. The molecule has 0 amide bonds. The molecule has 2 spiro atoms. The van der Waals surface area contributed by atoms with E-state index >= 15 is 0 Å². The molecular formula is C63H67NO. The van der Waals surface area contributed by atoms with Crippen molar-refractivity contribution in [3.63, 3.8) is 0 Å². The molecule has 0 saturated heterocycles. The van der Waals surface area contributed by atoms with Crippen LogP contribution in [0.25, 0.3) is 22.3 Å². The first kappa shape index (κ1) is 40.2. The van der Waals surface area contributed by atoms with Crippen molar-refractivity contribution in [1.82, 2.24) is 0 Å². The van der Waals surface area contributed by atoms with Gasteiger partial charge in [0.15, 0.2) is 0 Å². The van der Waals surface area contributed by atoms with Crippen molar-refractivity contribution >= 4 is 17.1 Å². The van der Waals surface area contributed by atoms with E-state index in [1.165, 1.54) is 130 Å². The zero-order chi connectivity index (χ0) is 44.5. The fourth-order valence-electron chi connectivity index (χ4n) is 16.1. The van der Waals surface area contributed by atoms with Crippen LogP contribution >= 0.6 is 0 Å². The molecule has 1 heterocycles. The zero-order valence-electron chi connectivity index (χ0n) is 40.2. The lowest BCUT2D eigenvalue weighted by molar-refractivity contribution is -0.0882. The van der Waals surface area contributed by atoms with Gasteiger partial charge in [-0.15, -0.1) is 0 Å². The van der Waals surface area contributed by atoms with Crippen LogP contribution in [0.2, 0.25) is 0 Å². The fraction of sp³-hybridized carbons (Fsp3) is 0.429. The lowest BCUT2D eigenvalue weighted by atomic mass is 9.37. The summed E-state index contributed by atoms with van der Waals surface area (Å²) in [6, 6.07) is 49.8. The van der Waals surface area contributed by atoms with Gasteiger partial charge in [-0.3, -0.25) is 0 Å². The van der Waals surface area contributed by atoms with E-state index in [2.05, 4.69) is 188 Å². The molecule has 13 rings (SSSR count). The van der Waals surface area contributed by atoms with Gasteiger partial charge in [-0.1, -0.05) is 134 Å². The molecule has 2 nitrogen and oxygen atoms in total. The molecule has 0 N–H and O–H groups in total. The third-order valence-electron chi connectivity index (χ3n) is 19.5. The van der Waals surface area contributed by atoms with Gasteiger partial charge in [0.05, 0.1) is 0 Å². The van der Waals surface area contributed by atoms with E-state index in [4.69, 9.17) is 4.74 Å². The number of fused-ring (bicyclic) bond motifs is 10. The maximum Gasteiger partial charge on any atom is 0.131 e. The number of hydrogen-bond acceptors (Lipinski definition) is 2. The standard InChI is InChI=1S/C63H67NO/c1-58(2)27-29-60(5,6)51-34-43(17-24-48(51)58)41-13-19-45(20-14-41)64(46-21-15-42(16-22-46)44-18-25-49-52(35-44)61(7,8)30-28-59(49,3)4)47-23-26-55-53(36-47)63(50-11-9-10-12-54(50)65-55)56-32-39-31-40-33-57(63)62(56,37-39)38-40/h9-26,34-36,39-40,56-57H,27-33,37-38H2,1-8H3. The maximum absolute atomic E-state index is 6.93. The second-order valence-corrected chi connectivity index (χ2v) is 24.8. The Morgan fingerprint density at radius 1 is 0.400 bits per heavy atom. The molecule has 6 aliphatic carbocycles. The van der Waals surface area contributed by atoms with Gasteiger partial charge in [-0.05, 0) is 202 Å². The van der Waals surface area contributed by atoms with Gasteiger partial charge in [-0.25, -0.2) is 0 Å². The quantitative estimate of drug-likeness (QED) is 0.171. The van der Waals surface area contributed by atoms with Crippen LogP contribution in [-0.4, -0.2) is 0 Å². The molecule has 7 aliphatic rings. The highest BCUT2D eigenvalue weighted by atomic mass is 16.5. The van der Waals surface area contributed by atoms with Gasteiger partial charge in [-0.2, -0.15) is 0 Å². The van der Waals surface area contributed by atoms with Crippen molar-refractivity contribution in [3.05, 3.63) is 161 Å². The molecule has 330 valence electrons. The Morgan fingerprint density at radius 3 is 1.37 bits per heavy atom. The van der Waals surface area contributed by atoms with E-state index < -0.39 is 0 Å². The van der Waals surface area contributed by atoms with E-state index in [0.717, 1.165) is 23.3 Å². The summed E-state index contributed by atoms with van der Waals surface area (Å²) in [6.07, 6.45) is 12.0. The average Bonchev–Trinajstić information content (AvgIpc) is 3.69. The van der Waals surface area contributed by atoms with Gasteiger partial charge < -0.3 is 9.64 Å². The lowest BCUT2D eigenvalue weighted by Crippen LogP contribution is -2.64. The van der Waals surface area contributed by atoms with Gasteiger partial charge >= 0.3 is 0 Å². The Labute approximate surface area is 388 Å². The van der Waals surface area contributed by atoms with Crippen LogP contribution in [0.3, 0.4) is 0 Å². The van der Waals surface area contributed by atoms with Crippen LogP contribution in [0.1, 0.15) is 147 Å². The minimum Gasteiger partial charge on any atom is -0.457 e. The third kappa shape index (κ3) is 5.58. The van der Waals surface area contributed by atoms with Crippen LogP contribution < -0.4 is 9.64 Å². The predicted molar refractivity (Wildman–Crippen MR) is 269 cm³/mol. The third-order valence-corrected chi connectivity index (χ3v) is 19.5. The Hall–Kier alpha value is -5.08. The number of benzene rings is 6. The van der Waals surface area contributed by atoms with Gasteiger partial charge in [0.2, 0.25) is 0 Å². The monoisotopic (exact) mass is 854 g/mol. The highest BCUT2D eigenvalue weighted by molar-refractivity contribution is 5.82. The molecule has 4 fully saturated rings. The second-order valence-electron chi connectivity index (χ2n) is 24.8. The first-order valence-electron chi connectivity index (χ1n) is 25.3. The summed E-state index contributed by atoms with van der Waals surface area (Å²) >= 11 is 0. The largest absolute Gasteiger partial charge is 0.457 e. The Bertz CT molecular complexity index is 2780. The van der Waals surface area contributed by atoms with E-state index in [1.54, 1.807) is 0 Å². The molecular weight excluding hydrogens is 787 g/mol. The van der Waals surface area contributed by atoms with Crippen LogP contribution in [0.15, 0.2) is 127 Å². The SMILES string of the molecule is CC1(C)CCC(C)(C)c2cc(-c3ccc(N(c4ccc(-c5ccc6c(c5)C(C)(C)CCC6(C)C)cc4)c4ccc5c(c4)C4(c6ccccc6O5)C5CC6CC7CC4C5(C6)C7)cc3)ccc21. The molecule has 6 aromatic carbocycles. The zero-order valence-corrected chi connectivity index (χ0v) is 40.2. The molecule has 65 heavy (non-hydrogen) atoms. The number of hydrogen-bond donors (Lipinski definition) is 0. The van der Waals surface area contributed by atoms with Crippen LogP contribution in [0.5, 0.6) is 11.5 Å². The number of ether oxygens (including phenoxy) is 1. The van der Waals surface area contributed by atoms with Crippen molar-refractivity contribution in [3.8, 4) is 33.8 Å². The van der Waals surface area contributed by atoms with Crippen LogP contribution in [0, 0.1) is 29.1 Å². The highest BCUT2D eigenvalue weighted by Gasteiger charge is 2.79.